The van der Waals surface area contributed by atoms with Crippen molar-refractivity contribution in [2.75, 3.05) is 0 Å². The smallest absolute Gasteiger partial charge is 0.107 e. The molecule has 0 nitrogen and oxygen atoms in total. The molecule has 136 valence electrons. The molecule has 1 aromatic carbocycles. The number of halogens is 2. The highest BCUT2D eigenvalue weighted by Crippen LogP contribution is 2.43. The van der Waals surface area contributed by atoms with E-state index in [0.29, 0.717) is 0 Å². The van der Waals surface area contributed by atoms with Crippen LogP contribution in [-0.4, -0.2) is 8.07 Å². The average Bonchev–Trinajstić information content (AvgIpc) is 2.87. The van der Waals surface area contributed by atoms with Crippen molar-refractivity contribution in [1.29, 1.82) is 0 Å². The van der Waals surface area contributed by atoms with Crippen molar-refractivity contribution in [2.45, 2.75) is 58.2 Å². The van der Waals surface area contributed by atoms with Gasteiger partial charge in [-0.3, -0.25) is 0 Å². The minimum Gasteiger partial charge on any atom is -0.144 e. The van der Waals surface area contributed by atoms with Crippen molar-refractivity contribution >= 4 is 67.9 Å². The van der Waals surface area contributed by atoms with Gasteiger partial charge in [-0.15, -0.1) is 11.3 Å². The molecular formula is C21H28Br2SSi. The van der Waals surface area contributed by atoms with Crippen LogP contribution in [0.2, 0.25) is 16.6 Å². The van der Waals surface area contributed by atoms with E-state index in [1.807, 2.05) is 11.3 Å². The molecule has 2 rings (SSSR count). The first-order valence-electron chi connectivity index (χ1n) is 8.93. The van der Waals surface area contributed by atoms with E-state index in [2.05, 4.69) is 116 Å². The van der Waals surface area contributed by atoms with Gasteiger partial charge in [-0.25, -0.2) is 0 Å². The van der Waals surface area contributed by atoms with Crippen molar-refractivity contribution < 1.29 is 0 Å². The second-order valence-electron chi connectivity index (χ2n) is 7.57. The standard InChI is InChI=1S/C21H28Br2SSi/c1-14(2)25(15(3)4,16(5)6)21-13-19(23)20(24-21)12-11-17-9-7-8-10-18(17)22/h7-16H,1-6H3/b12-11-. The summed E-state index contributed by atoms with van der Waals surface area (Å²) in [5.74, 6) is 0. The lowest BCUT2D eigenvalue weighted by atomic mass is 10.2. The summed E-state index contributed by atoms with van der Waals surface area (Å²) in [5, 5.41) is 0. The first-order valence-corrected chi connectivity index (χ1v) is 13.6. The fraction of sp³-hybridized carbons (Fsp3) is 0.429. The normalized spacial score (nSPS) is 12.9. The Morgan fingerprint density at radius 1 is 0.840 bits per heavy atom. The Morgan fingerprint density at radius 3 is 1.92 bits per heavy atom. The number of rotatable bonds is 6. The molecule has 0 radical (unpaired) electrons. The van der Waals surface area contributed by atoms with Gasteiger partial charge >= 0.3 is 0 Å². The van der Waals surface area contributed by atoms with Crippen molar-refractivity contribution in [1.82, 2.24) is 0 Å². The molecule has 0 aliphatic carbocycles. The van der Waals surface area contributed by atoms with Gasteiger partial charge in [-0.05, 0) is 60.8 Å². The van der Waals surface area contributed by atoms with Gasteiger partial charge in [0.25, 0.3) is 0 Å². The highest BCUT2D eigenvalue weighted by molar-refractivity contribution is 9.10. The Balaban J connectivity index is 2.46. The minimum atomic E-state index is -1.59. The molecule has 25 heavy (non-hydrogen) atoms. The van der Waals surface area contributed by atoms with Gasteiger partial charge in [-0.2, -0.15) is 0 Å². The Labute approximate surface area is 175 Å². The molecule has 2 aromatic rings. The molecule has 4 heteroatoms. The molecule has 0 aliphatic rings. The van der Waals surface area contributed by atoms with Crippen LogP contribution < -0.4 is 4.50 Å². The predicted molar refractivity (Wildman–Crippen MR) is 126 cm³/mol. The minimum absolute atomic E-state index is 0.734. The Kier molecular flexibility index (Phi) is 7.34. The van der Waals surface area contributed by atoms with Gasteiger partial charge in [0.15, 0.2) is 0 Å². The van der Waals surface area contributed by atoms with Crippen molar-refractivity contribution in [3.05, 3.63) is 49.7 Å². The lowest BCUT2D eigenvalue weighted by Crippen LogP contribution is -2.54. The van der Waals surface area contributed by atoms with E-state index in [1.165, 1.54) is 14.9 Å². The highest BCUT2D eigenvalue weighted by Gasteiger charge is 2.45. The predicted octanol–water partition coefficient (Wildman–Crippen LogP) is 8.33. The van der Waals surface area contributed by atoms with E-state index < -0.39 is 8.07 Å². The molecule has 0 saturated carbocycles. The molecule has 1 heterocycles. The summed E-state index contributed by atoms with van der Waals surface area (Å²) in [5.41, 5.74) is 3.42. The summed E-state index contributed by atoms with van der Waals surface area (Å²) in [7, 11) is -1.59. The summed E-state index contributed by atoms with van der Waals surface area (Å²) < 4.78 is 4.00. The van der Waals surface area contributed by atoms with Crippen molar-refractivity contribution in [3.8, 4) is 0 Å². The average molecular weight is 500 g/mol. The summed E-state index contributed by atoms with van der Waals surface area (Å²) in [6.07, 6.45) is 4.45. The number of benzene rings is 1. The van der Waals surface area contributed by atoms with Gasteiger partial charge in [0.1, 0.15) is 8.07 Å². The van der Waals surface area contributed by atoms with E-state index >= 15 is 0 Å². The SMILES string of the molecule is CC(C)[Si](c1cc(Br)c(/C=C\c2ccccc2Br)s1)(C(C)C)C(C)C. The van der Waals surface area contributed by atoms with E-state index in [1.54, 1.807) is 4.50 Å². The fourth-order valence-electron chi connectivity index (χ4n) is 4.34. The Hall–Kier alpha value is -0.163. The molecule has 0 spiro atoms. The van der Waals surface area contributed by atoms with Crippen LogP contribution in [0.15, 0.2) is 39.3 Å². The van der Waals surface area contributed by atoms with Crippen molar-refractivity contribution in [2.24, 2.45) is 0 Å². The first-order chi connectivity index (χ1) is 11.7. The van der Waals surface area contributed by atoms with Crippen LogP contribution >= 0.6 is 43.2 Å². The monoisotopic (exact) mass is 498 g/mol. The zero-order chi connectivity index (χ0) is 18.8. The second kappa shape index (κ2) is 8.68. The van der Waals surface area contributed by atoms with E-state index in [0.717, 1.165) is 21.1 Å². The highest BCUT2D eigenvalue weighted by atomic mass is 79.9. The van der Waals surface area contributed by atoms with E-state index in [4.69, 9.17) is 0 Å². The molecule has 1 aromatic heterocycles. The van der Waals surface area contributed by atoms with Crippen LogP contribution in [0.3, 0.4) is 0 Å². The van der Waals surface area contributed by atoms with Gasteiger partial charge in [0, 0.05) is 13.8 Å². The third-order valence-corrected chi connectivity index (χ3v) is 16.0. The molecule has 0 unspecified atom stereocenters. The topological polar surface area (TPSA) is 0 Å². The van der Waals surface area contributed by atoms with Crippen LogP contribution in [0.4, 0.5) is 0 Å². The maximum absolute atomic E-state index is 3.82. The van der Waals surface area contributed by atoms with Gasteiger partial charge in [0.05, 0.1) is 0 Å². The van der Waals surface area contributed by atoms with Gasteiger partial charge in [-0.1, -0.05) is 81.7 Å². The van der Waals surface area contributed by atoms with Crippen LogP contribution in [0, 0.1) is 0 Å². The second-order valence-corrected chi connectivity index (χ2v) is 16.6. The summed E-state index contributed by atoms with van der Waals surface area (Å²) >= 11 is 9.44. The molecule has 0 N–H and O–H groups in total. The van der Waals surface area contributed by atoms with Crippen LogP contribution in [-0.2, 0) is 0 Å². The summed E-state index contributed by atoms with van der Waals surface area (Å²) in [6.45, 7) is 14.6. The van der Waals surface area contributed by atoms with Crippen LogP contribution in [0.5, 0.6) is 0 Å². The lowest BCUT2D eigenvalue weighted by Gasteiger charge is -2.42. The Morgan fingerprint density at radius 2 is 1.40 bits per heavy atom. The number of hydrogen-bond acceptors (Lipinski definition) is 1. The molecule has 0 aliphatic heterocycles. The quantitative estimate of drug-likeness (QED) is 0.350. The Bertz CT molecular complexity index is 722. The summed E-state index contributed by atoms with van der Waals surface area (Å²) in [6, 6.07) is 10.8. The number of thiophene rings is 1. The van der Waals surface area contributed by atoms with E-state index in [-0.39, 0.29) is 0 Å². The third kappa shape index (κ3) is 4.23. The molecular weight excluding hydrogens is 472 g/mol. The molecule has 0 atom stereocenters. The maximum atomic E-state index is 3.82. The first kappa shape index (κ1) is 21.1. The van der Waals surface area contributed by atoms with Crippen molar-refractivity contribution in [3.63, 3.8) is 0 Å². The van der Waals surface area contributed by atoms with E-state index in [9.17, 15) is 0 Å². The summed E-state index contributed by atoms with van der Waals surface area (Å²) in [4.78, 5) is 1.32. The molecule has 0 amide bonds. The third-order valence-electron chi connectivity index (χ3n) is 5.33. The van der Waals surface area contributed by atoms with Crippen LogP contribution in [0.1, 0.15) is 52.0 Å². The maximum Gasteiger partial charge on any atom is 0.107 e. The molecule has 0 bridgehead atoms. The molecule has 0 fully saturated rings. The lowest BCUT2D eigenvalue weighted by molar-refractivity contribution is 0.837. The zero-order valence-electron chi connectivity index (χ0n) is 15.9. The number of hydrogen-bond donors (Lipinski definition) is 0. The van der Waals surface area contributed by atoms with Gasteiger partial charge in [0.2, 0.25) is 0 Å². The molecule has 0 saturated heterocycles. The fourth-order valence-corrected chi connectivity index (χ4v) is 15.7. The largest absolute Gasteiger partial charge is 0.144 e. The van der Waals surface area contributed by atoms with Gasteiger partial charge < -0.3 is 0 Å². The zero-order valence-corrected chi connectivity index (χ0v) is 20.9. The van der Waals surface area contributed by atoms with Crippen LogP contribution in [0.25, 0.3) is 12.2 Å².